The second kappa shape index (κ2) is 9.43. The number of hydrogen-bond donors (Lipinski definition) is 1. The monoisotopic (exact) mass is 514 g/mol. The number of benzene rings is 1. The molecule has 0 bridgehead atoms. The molecule has 3 aliphatic carbocycles. The zero-order valence-electron chi connectivity index (χ0n) is 19.2. The molecule has 9 heteroatoms. The first-order chi connectivity index (χ1) is 16.8. The smallest absolute Gasteiger partial charge is 0.257 e. The predicted octanol–water partition coefficient (Wildman–Crippen LogP) is 5.29. The first-order valence-electron chi connectivity index (χ1n) is 11.9. The number of nitrogens with zero attached hydrogens (tertiary/aromatic N) is 1. The molecule has 2 atom stereocenters. The number of aromatic nitrogens is 1. The van der Waals surface area contributed by atoms with Gasteiger partial charge < -0.3 is 0 Å². The number of carbonyl (C=O) groups excluding carboxylic acids is 2. The van der Waals surface area contributed by atoms with Gasteiger partial charge in [-0.05, 0) is 73.1 Å². The van der Waals surface area contributed by atoms with Gasteiger partial charge in [0, 0.05) is 18.4 Å². The van der Waals surface area contributed by atoms with Crippen LogP contribution in [0.15, 0.2) is 48.0 Å². The highest BCUT2D eigenvalue weighted by Crippen LogP contribution is 2.46. The average Bonchev–Trinajstić information content (AvgIpc) is 3.75. The van der Waals surface area contributed by atoms with Crippen LogP contribution in [0.5, 0.6) is 0 Å². The highest BCUT2D eigenvalue weighted by atomic mass is 32.2. The molecule has 0 aliphatic heterocycles. The summed E-state index contributed by atoms with van der Waals surface area (Å²) in [5.41, 5.74) is 1.66. The summed E-state index contributed by atoms with van der Waals surface area (Å²) in [6.45, 7) is 3.78. The largest absolute Gasteiger partial charge is 0.300 e. The molecule has 6 nitrogen and oxygen atoms in total. The van der Waals surface area contributed by atoms with E-state index in [1.807, 2.05) is 6.07 Å². The summed E-state index contributed by atoms with van der Waals surface area (Å²) in [6, 6.07) is 5.08. The quantitative estimate of drug-likeness (QED) is 0.363. The number of sulfone groups is 1. The van der Waals surface area contributed by atoms with Crippen LogP contribution >= 0.6 is 11.3 Å². The molecule has 0 radical (unpaired) electrons. The van der Waals surface area contributed by atoms with Crippen LogP contribution in [-0.2, 0) is 19.4 Å². The van der Waals surface area contributed by atoms with E-state index in [1.165, 1.54) is 0 Å². The van der Waals surface area contributed by atoms with Crippen molar-refractivity contribution in [3.8, 4) is 0 Å². The van der Waals surface area contributed by atoms with Crippen LogP contribution < -0.4 is 5.32 Å². The number of Topliss-reactive ketones (excluding diaryl/α,β-unsaturated/α-hetero) is 1. The molecule has 2 aromatic rings. The summed E-state index contributed by atoms with van der Waals surface area (Å²) < 4.78 is 40.5. The third-order valence-corrected chi connectivity index (χ3v) is 9.93. The lowest BCUT2D eigenvalue weighted by atomic mass is 9.96. The molecule has 1 aromatic heterocycles. The van der Waals surface area contributed by atoms with Gasteiger partial charge in [0.15, 0.2) is 20.1 Å². The van der Waals surface area contributed by atoms with E-state index in [0.717, 1.165) is 48.8 Å². The molecule has 0 spiro atoms. The molecule has 35 heavy (non-hydrogen) atoms. The highest BCUT2D eigenvalue weighted by Gasteiger charge is 2.41. The number of nitrogens with one attached hydrogen (secondary N) is 1. The molecule has 3 saturated carbocycles. The Bertz CT molecular complexity index is 1320. The number of rotatable bonds is 9. The standard InChI is InChI=1S/C26H27FN2O4S2/c1-2-22(17-6-7-17)35(32,33)23-10-8-18(13-20(23)16-4-5-16)21(12-15-3-9-19(30)11-15)25(31)29-26-28-14-24(27)34-26/h2,8,10,12-17,22H,1,3-7,9,11H2,(H,28,29,31)/b21-12+/t15-,22?/m0/s1. The highest BCUT2D eigenvalue weighted by molar-refractivity contribution is 7.92. The van der Waals surface area contributed by atoms with Crippen LogP contribution in [0.4, 0.5) is 9.52 Å². The van der Waals surface area contributed by atoms with E-state index in [-0.39, 0.29) is 28.7 Å². The molecule has 184 valence electrons. The fourth-order valence-electron chi connectivity index (χ4n) is 4.83. The van der Waals surface area contributed by atoms with Crippen molar-refractivity contribution < 1.29 is 22.4 Å². The molecule has 1 amide bonds. The van der Waals surface area contributed by atoms with Crippen molar-refractivity contribution in [3.63, 3.8) is 0 Å². The summed E-state index contributed by atoms with van der Waals surface area (Å²) in [5.74, 6) is -0.135. The van der Waals surface area contributed by atoms with E-state index in [0.29, 0.717) is 35.3 Å². The molecule has 1 aromatic carbocycles. The van der Waals surface area contributed by atoms with Crippen LogP contribution in [-0.4, -0.2) is 30.3 Å². The van der Waals surface area contributed by atoms with Gasteiger partial charge in [-0.1, -0.05) is 29.6 Å². The Labute approximate surface area is 208 Å². The number of ketones is 1. The number of amides is 1. The van der Waals surface area contributed by atoms with Crippen LogP contribution in [0.1, 0.15) is 62.0 Å². The number of halogens is 1. The maximum atomic E-state index is 13.5. The van der Waals surface area contributed by atoms with Gasteiger partial charge in [0.2, 0.25) is 0 Å². The van der Waals surface area contributed by atoms with E-state index in [1.54, 1.807) is 24.3 Å². The minimum absolute atomic E-state index is 0.0796. The van der Waals surface area contributed by atoms with Crippen LogP contribution in [0.3, 0.4) is 0 Å². The Morgan fingerprint density at radius 2 is 2.00 bits per heavy atom. The second-order valence-corrected chi connectivity index (χ2v) is 12.7. The Kier molecular flexibility index (Phi) is 6.48. The van der Waals surface area contributed by atoms with Crippen molar-refractivity contribution in [2.45, 2.75) is 61.0 Å². The first kappa shape index (κ1) is 24.1. The summed E-state index contributed by atoms with van der Waals surface area (Å²) in [6.07, 6.45) is 9.45. The van der Waals surface area contributed by atoms with Crippen molar-refractivity contribution in [2.75, 3.05) is 5.32 Å². The van der Waals surface area contributed by atoms with E-state index in [2.05, 4.69) is 16.9 Å². The van der Waals surface area contributed by atoms with E-state index in [4.69, 9.17) is 0 Å². The lowest BCUT2D eigenvalue weighted by Gasteiger charge is -2.18. The van der Waals surface area contributed by atoms with Crippen molar-refractivity contribution >= 4 is 43.6 Å². The molecule has 1 heterocycles. The molecule has 0 saturated heterocycles. The summed E-state index contributed by atoms with van der Waals surface area (Å²) in [5, 5.41) is 1.68. The molecular weight excluding hydrogens is 487 g/mol. The topological polar surface area (TPSA) is 93.2 Å². The van der Waals surface area contributed by atoms with Gasteiger partial charge in [-0.15, -0.1) is 6.58 Å². The maximum absolute atomic E-state index is 13.5. The predicted molar refractivity (Wildman–Crippen MR) is 133 cm³/mol. The fraction of sp³-hybridized carbons (Fsp3) is 0.423. The Morgan fingerprint density at radius 3 is 2.57 bits per heavy atom. The number of hydrogen-bond acceptors (Lipinski definition) is 6. The van der Waals surface area contributed by atoms with Crippen LogP contribution in [0.25, 0.3) is 5.57 Å². The van der Waals surface area contributed by atoms with Gasteiger partial charge in [0.1, 0.15) is 5.78 Å². The summed E-state index contributed by atoms with van der Waals surface area (Å²) in [4.78, 5) is 29.3. The van der Waals surface area contributed by atoms with Gasteiger partial charge in [-0.3, -0.25) is 14.9 Å². The van der Waals surface area contributed by atoms with Crippen LogP contribution in [0, 0.1) is 17.0 Å². The molecular formula is C26H27FN2O4S2. The third kappa shape index (κ3) is 5.16. The molecule has 3 aliphatic rings. The van der Waals surface area contributed by atoms with Crippen molar-refractivity contribution in [3.05, 3.63) is 59.4 Å². The van der Waals surface area contributed by atoms with Gasteiger partial charge in [-0.25, -0.2) is 13.4 Å². The zero-order valence-corrected chi connectivity index (χ0v) is 20.8. The normalized spacial score (nSPS) is 21.7. The lowest BCUT2D eigenvalue weighted by molar-refractivity contribution is -0.117. The third-order valence-electron chi connectivity index (χ3n) is 6.95. The Hall–Kier alpha value is -2.65. The van der Waals surface area contributed by atoms with Crippen LogP contribution in [0.2, 0.25) is 0 Å². The molecule has 1 unspecified atom stereocenters. The summed E-state index contributed by atoms with van der Waals surface area (Å²) >= 11 is 0.730. The Morgan fingerprint density at radius 1 is 1.23 bits per heavy atom. The second-order valence-electron chi connectivity index (χ2n) is 9.66. The van der Waals surface area contributed by atoms with Gasteiger partial charge in [0.05, 0.1) is 16.3 Å². The first-order valence-corrected chi connectivity index (χ1v) is 14.3. The molecule has 1 N–H and O–H groups in total. The van der Waals surface area contributed by atoms with Crippen molar-refractivity contribution in [1.29, 1.82) is 0 Å². The van der Waals surface area contributed by atoms with Crippen molar-refractivity contribution in [1.82, 2.24) is 4.98 Å². The van der Waals surface area contributed by atoms with E-state index < -0.39 is 26.1 Å². The van der Waals surface area contributed by atoms with Crippen molar-refractivity contribution in [2.24, 2.45) is 11.8 Å². The van der Waals surface area contributed by atoms with Gasteiger partial charge in [0.25, 0.3) is 5.91 Å². The molecule has 3 fully saturated rings. The zero-order chi connectivity index (χ0) is 24.7. The van der Waals surface area contributed by atoms with Gasteiger partial charge in [-0.2, -0.15) is 4.39 Å². The molecule has 5 rings (SSSR count). The summed E-state index contributed by atoms with van der Waals surface area (Å²) in [7, 11) is -3.59. The minimum atomic E-state index is -3.59. The fourth-order valence-corrected chi connectivity index (χ4v) is 7.51. The van der Waals surface area contributed by atoms with E-state index >= 15 is 0 Å². The maximum Gasteiger partial charge on any atom is 0.257 e. The number of allylic oxidation sites excluding steroid dienone is 1. The van der Waals surface area contributed by atoms with Gasteiger partial charge >= 0.3 is 0 Å². The number of carbonyl (C=O) groups is 2. The lowest BCUT2D eigenvalue weighted by Crippen LogP contribution is -2.22. The minimum Gasteiger partial charge on any atom is -0.300 e. The SMILES string of the molecule is C=CC(C1CC1)S(=O)(=O)c1ccc(/C(=C\[C@H]2CCC(=O)C2)C(=O)Nc2ncc(F)s2)cc1C1CC1. The number of anilines is 1. The van der Waals surface area contributed by atoms with E-state index in [9.17, 15) is 22.4 Å². The number of thiazole rings is 1. The average molecular weight is 515 g/mol. The Balaban J connectivity index is 1.53.